The molecule has 0 spiro atoms. The number of hydrogen-bond donors (Lipinski definition) is 3. The zero-order chi connectivity index (χ0) is 12.5. The average Bonchev–Trinajstić information content (AvgIpc) is 2.68. The predicted molar refractivity (Wildman–Crippen MR) is 63.3 cm³/mol. The van der Waals surface area contributed by atoms with E-state index < -0.39 is 21.1 Å². The first-order valence-corrected chi connectivity index (χ1v) is 6.79. The average molecular weight is 259 g/mol. The van der Waals surface area contributed by atoms with E-state index in [1.54, 1.807) is 6.92 Å². The van der Waals surface area contributed by atoms with Gasteiger partial charge in [-0.05, 0) is 31.2 Å². The van der Waals surface area contributed by atoms with Gasteiger partial charge >= 0.3 is 0 Å². The topological polar surface area (TPSA) is 70.2 Å². The van der Waals surface area contributed by atoms with Crippen molar-refractivity contribution in [2.45, 2.75) is 18.2 Å². The Morgan fingerprint density at radius 2 is 2.00 bits per heavy atom. The Balaban J connectivity index is 2.14. The number of hydrazine groups is 1. The molecule has 2 unspecified atom stereocenters. The molecule has 7 heteroatoms. The lowest BCUT2D eigenvalue weighted by Gasteiger charge is -2.16. The normalized spacial score (nSPS) is 24.8. The van der Waals surface area contributed by atoms with Crippen molar-refractivity contribution >= 4 is 15.7 Å². The Kier molecular flexibility index (Phi) is 3.32. The van der Waals surface area contributed by atoms with Crippen LogP contribution < -0.4 is 15.6 Å². The van der Waals surface area contributed by atoms with Gasteiger partial charge in [-0.2, -0.15) is 0 Å². The second kappa shape index (κ2) is 4.59. The van der Waals surface area contributed by atoms with Gasteiger partial charge in [-0.1, -0.05) is 0 Å². The SMILES string of the molecule is CC1NNCC1S(=O)(=O)Nc1ccc(F)cc1. The molecule has 1 aliphatic rings. The molecule has 1 heterocycles. The lowest BCUT2D eigenvalue weighted by Crippen LogP contribution is -2.38. The first-order valence-electron chi connectivity index (χ1n) is 5.24. The molecule has 1 aromatic carbocycles. The van der Waals surface area contributed by atoms with Gasteiger partial charge in [0.05, 0.1) is 0 Å². The number of halogens is 1. The second-order valence-corrected chi connectivity index (χ2v) is 5.91. The van der Waals surface area contributed by atoms with Gasteiger partial charge in [-0.15, -0.1) is 0 Å². The summed E-state index contributed by atoms with van der Waals surface area (Å²) in [6, 6.07) is 5.05. The standard InChI is InChI=1S/C10H14FN3O2S/c1-7-10(6-12-13-7)17(15,16)14-9-4-2-8(11)3-5-9/h2-5,7,10,12-14H,6H2,1H3. The number of sulfonamides is 1. The molecular weight excluding hydrogens is 245 g/mol. The largest absolute Gasteiger partial charge is 0.283 e. The molecule has 3 N–H and O–H groups in total. The van der Waals surface area contributed by atoms with E-state index in [1.165, 1.54) is 24.3 Å². The van der Waals surface area contributed by atoms with Crippen molar-refractivity contribution in [1.29, 1.82) is 0 Å². The molecule has 94 valence electrons. The highest BCUT2D eigenvalue weighted by Crippen LogP contribution is 2.15. The van der Waals surface area contributed by atoms with Crippen LogP contribution in [0.2, 0.25) is 0 Å². The van der Waals surface area contributed by atoms with Gasteiger partial charge in [0.25, 0.3) is 0 Å². The van der Waals surface area contributed by atoms with Crippen LogP contribution in [0.3, 0.4) is 0 Å². The van der Waals surface area contributed by atoms with Crippen molar-refractivity contribution in [3.05, 3.63) is 30.1 Å². The Morgan fingerprint density at radius 1 is 1.35 bits per heavy atom. The summed E-state index contributed by atoms with van der Waals surface area (Å²) in [6.45, 7) is 2.13. The maximum atomic E-state index is 12.7. The summed E-state index contributed by atoms with van der Waals surface area (Å²) in [5.74, 6) is -0.398. The fraction of sp³-hybridized carbons (Fsp3) is 0.400. The molecule has 1 fully saturated rings. The van der Waals surface area contributed by atoms with Crippen molar-refractivity contribution in [2.75, 3.05) is 11.3 Å². The second-order valence-electron chi connectivity index (χ2n) is 4.01. The van der Waals surface area contributed by atoms with Crippen molar-refractivity contribution in [3.63, 3.8) is 0 Å². The van der Waals surface area contributed by atoms with Crippen molar-refractivity contribution in [3.8, 4) is 0 Å². The van der Waals surface area contributed by atoms with E-state index in [0.717, 1.165) is 0 Å². The van der Waals surface area contributed by atoms with Crippen LogP contribution in [0, 0.1) is 5.82 Å². The van der Waals surface area contributed by atoms with E-state index in [9.17, 15) is 12.8 Å². The first kappa shape index (κ1) is 12.3. The molecule has 0 aliphatic carbocycles. The van der Waals surface area contributed by atoms with Gasteiger partial charge in [0.2, 0.25) is 10.0 Å². The molecule has 5 nitrogen and oxygen atoms in total. The van der Waals surface area contributed by atoms with Crippen LogP contribution in [0.1, 0.15) is 6.92 Å². The summed E-state index contributed by atoms with van der Waals surface area (Å²) in [4.78, 5) is 0. The third-order valence-corrected chi connectivity index (χ3v) is 4.59. The van der Waals surface area contributed by atoms with Crippen LogP contribution >= 0.6 is 0 Å². The quantitative estimate of drug-likeness (QED) is 0.736. The van der Waals surface area contributed by atoms with Crippen molar-refractivity contribution < 1.29 is 12.8 Å². The summed E-state index contributed by atoms with van der Waals surface area (Å²) in [5, 5.41) is -0.549. The summed E-state index contributed by atoms with van der Waals surface area (Å²) in [7, 11) is -3.47. The fourth-order valence-electron chi connectivity index (χ4n) is 1.73. The van der Waals surface area contributed by atoms with E-state index >= 15 is 0 Å². The number of nitrogens with one attached hydrogen (secondary N) is 3. The van der Waals surface area contributed by atoms with Gasteiger partial charge in [-0.25, -0.2) is 12.8 Å². The molecule has 0 amide bonds. The van der Waals surface area contributed by atoms with E-state index in [-0.39, 0.29) is 6.04 Å². The molecule has 0 bridgehead atoms. The Morgan fingerprint density at radius 3 is 2.53 bits per heavy atom. The monoisotopic (exact) mass is 259 g/mol. The number of hydrogen-bond acceptors (Lipinski definition) is 4. The highest BCUT2D eigenvalue weighted by Gasteiger charge is 2.34. The Bertz CT molecular complexity index is 489. The minimum Gasteiger partial charge on any atom is -0.283 e. The first-order chi connectivity index (χ1) is 7.99. The van der Waals surface area contributed by atoms with Crippen LogP contribution in [0.5, 0.6) is 0 Å². The van der Waals surface area contributed by atoms with Crippen LogP contribution in [-0.4, -0.2) is 26.3 Å². The molecule has 2 atom stereocenters. The molecular formula is C10H14FN3O2S. The number of rotatable bonds is 3. The zero-order valence-corrected chi connectivity index (χ0v) is 10.1. The lowest BCUT2D eigenvalue weighted by molar-refractivity contribution is 0.565. The minimum absolute atomic E-state index is 0.173. The molecule has 1 aromatic rings. The van der Waals surface area contributed by atoms with Crippen LogP contribution in [0.4, 0.5) is 10.1 Å². The van der Waals surface area contributed by atoms with E-state index in [2.05, 4.69) is 15.6 Å². The summed E-state index contributed by atoms with van der Waals surface area (Å²) >= 11 is 0. The predicted octanol–water partition coefficient (Wildman–Crippen LogP) is 0.432. The highest BCUT2D eigenvalue weighted by atomic mass is 32.2. The molecule has 17 heavy (non-hydrogen) atoms. The third kappa shape index (κ3) is 2.74. The summed E-state index contributed by atoms with van der Waals surface area (Å²) < 4.78 is 39.2. The van der Waals surface area contributed by atoms with Gasteiger partial charge in [0.15, 0.2) is 0 Å². The minimum atomic E-state index is -3.47. The smallest absolute Gasteiger partial charge is 0.238 e. The fourth-order valence-corrected chi connectivity index (χ4v) is 3.25. The summed E-state index contributed by atoms with van der Waals surface area (Å²) in [5.41, 5.74) is 6.00. The van der Waals surface area contributed by atoms with Crippen LogP contribution in [-0.2, 0) is 10.0 Å². The van der Waals surface area contributed by atoms with Gasteiger partial charge in [-0.3, -0.25) is 15.6 Å². The third-order valence-electron chi connectivity index (χ3n) is 2.69. The molecule has 0 aromatic heterocycles. The van der Waals surface area contributed by atoms with Crippen LogP contribution in [0.15, 0.2) is 24.3 Å². The van der Waals surface area contributed by atoms with E-state index in [1.807, 2.05) is 0 Å². The molecule has 1 saturated heterocycles. The van der Waals surface area contributed by atoms with Crippen molar-refractivity contribution in [2.24, 2.45) is 0 Å². The molecule has 0 radical (unpaired) electrons. The molecule has 2 rings (SSSR count). The molecule has 0 saturated carbocycles. The maximum Gasteiger partial charge on any atom is 0.238 e. The van der Waals surface area contributed by atoms with Crippen LogP contribution in [0.25, 0.3) is 0 Å². The van der Waals surface area contributed by atoms with Gasteiger partial charge < -0.3 is 0 Å². The summed E-state index contributed by atoms with van der Waals surface area (Å²) in [6.07, 6.45) is 0. The lowest BCUT2D eigenvalue weighted by atomic mass is 10.3. The van der Waals surface area contributed by atoms with Gasteiger partial charge in [0.1, 0.15) is 11.1 Å². The Labute approximate surface area is 99.4 Å². The number of anilines is 1. The number of benzene rings is 1. The van der Waals surface area contributed by atoms with Crippen molar-refractivity contribution in [1.82, 2.24) is 10.9 Å². The zero-order valence-electron chi connectivity index (χ0n) is 9.27. The van der Waals surface area contributed by atoms with E-state index in [4.69, 9.17) is 0 Å². The van der Waals surface area contributed by atoms with E-state index in [0.29, 0.717) is 12.2 Å². The Hall–Kier alpha value is -1.18. The molecule has 1 aliphatic heterocycles. The maximum absolute atomic E-state index is 12.7. The van der Waals surface area contributed by atoms with Gasteiger partial charge in [0, 0.05) is 18.3 Å². The highest BCUT2D eigenvalue weighted by molar-refractivity contribution is 7.93.